The van der Waals surface area contributed by atoms with Crippen LogP contribution in [0.3, 0.4) is 0 Å². The Morgan fingerprint density at radius 2 is 1.59 bits per heavy atom. The normalized spacial score (nSPS) is 10.8. The molecule has 0 aliphatic heterocycles. The molecule has 1 N–H and O–H groups in total. The lowest BCUT2D eigenvalue weighted by Gasteiger charge is -2.22. The lowest BCUT2D eigenvalue weighted by atomic mass is 10.2. The van der Waals surface area contributed by atoms with Crippen molar-refractivity contribution in [3.8, 4) is 17.2 Å². The van der Waals surface area contributed by atoms with Gasteiger partial charge in [0.2, 0.25) is 5.75 Å². The molecule has 0 aromatic heterocycles. The zero-order valence-electron chi connectivity index (χ0n) is 17.5. The van der Waals surface area contributed by atoms with E-state index in [1.54, 1.807) is 33.5 Å². The molecule has 2 aromatic rings. The Morgan fingerprint density at radius 1 is 1.00 bits per heavy atom. The third-order valence-electron chi connectivity index (χ3n) is 4.17. The van der Waals surface area contributed by atoms with E-state index in [1.165, 1.54) is 12.1 Å². The van der Waals surface area contributed by atoms with E-state index in [0.29, 0.717) is 30.3 Å². The fourth-order valence-corrected chi connectivity index (χ4v) is 2.80. The first-order valence-electron chi connectivity index (χ1n) is 9.05. The van der Waals surface area contributed by atoms with Crippen LogP contribution < -0.4 is 19.5 Å². The summed E-state index contributed by atoms with van der Waals surface area (Å²) in [5, 5.41) is 3.28. The molecule has 2 rings (SSSR count). The van der Waals surface area contributed by atoms with E-state index in [-0.39, 0.29) is 29.8 Å². The van der Waals surface area contributed by atoms with E-state index in [9.17, 15) is 4.39 Å². The van der Waals surface area contributed by atoms with Gasteiger partial charge in [-0.05, 0) is 42.3 Å². The van der Waals surface area contributed by atoms with Crippen LogP contribution in [0, 0.1) is 5.82 Å². The van der Waals surface area contributed by atoms with Gasteiger partial charge in [-0.1, -0.05) is 12.1 Å². The molecular formula is C21H29FIN3O3. The van der Waals surface area contributed by atoms with Crippen molar-refractivity contribution in [2.45, 2.75) is 20.0 Å². The number of hydrogen-bond acceptors (Lipinski definition) is 4. The molecule has 0 heterocycles. The van der Waals surface area contributed by atoms with Gasteiger partial charge in [0, 0.05) is 20.1 Å². The number of halogens is 2. The Kier molecular flexibility index (Phi) is 10.6. The molecule has 0 bridgehead atoms. The van der Waals surface area contributed by atoms with E-state index in [2.05, 4.69) is 5.32 Å². The molecule has 29 heavy (non-hydrogen) atoms. The Bertz CT molecular complexity index is 775. The summed E-state index contributed by atoms with van der Waals surface area (Å²) in [6, 6.07) is 10.2. The first kappa shape index (κ1) is 24.8. The largest absolute Gasteiger partial charge is 0.493 e. The molecule has 6 nitrogen and oxygen atoms in total. The maximum Gasteiger partial charge on any atom is 0.203 e. The quantitative estimate of drug-likeness (QED) is 0.325. The van der Waals surface area contributed by atoms with Crippen molar-refractivity contribution in [2.24, 2.45) is 4.99 Å². The van der Waals surface area contributed by atoms with Gasteiger partial charge in [0.05, 0.1) is 27.9 Å². The minimum absolute atomic E-state index is 0. The van der Waals surface area contributed by atoms with Gasteiger partial charge in [-0.25, -0.2) is 9.38 Å². The predicted octanol–water partition coefficient (Wildman–Crippen LogP) is 4.07. The standard InChI is InChI=1S/C21H28FN3O3.HI/c1-6-23-21(25(2)14-15-7-9-17(22)10-8-15)24-13-16-11-18(26-3)20(28-5)19(12-16)27-4;/h7-12H,6,13-14H2,1-5H3,(H,23,24);1H. The lowest BCUT2D eigenvalue weighted by molar-refractivity contribution is 0.324. The highest BCUT2D eigenvalue weighted by atomic mass is 127. The highest BCUT2D eigenvalue weighted by Gasteiger charge is 2.13. The fourth-order valence-electron chi connectivity index (χ4n) is 2.80. The van der Waals surface area contributed by atoms with Crippen LogP contribution >= 0.6 is 24.0 Å². The summed E-state index contributed by atoms with van der Waals surface area (Å²) in [5.41, 5.74) is 1.93. The fraction of sp³-hybridized carbons (Fsp3) is 0.381. The zero-order valence-corrected chi connectivity index (χ0v) is 19.8. The van der Waals surface area contributed by atoms with Crippen LogP contribution in [0.15, 0.2) is 41.4 Å². The molecule has 0 fully saturated rings. The first-order valence-corrected chi connectivity index (χ1v) is 9.05. The monoisotopic (exact) mass is 517 g/mol. The number of nitrogens with one attached hydrogen (secondary N) is 1. The van der Waals surface area contributed by atoms with Crippen LogP contribution in [-0.2, 0) is 13.1 Å². The van der Waals surface area contributed by atoms with E-state index >= 15 is 0 Å². The summed E-state index contributed by atoms with van der Waals surface area (Å²) in [7, 11) is 6.70. The summed E-state index contributed by atoms with van der Waals surface area (Å²) in [5.74, 6) is 2.25. The molecule has 0 saturated carbocycles. The summed E-state index contributed by atoms with van der Waals surface area (Å²) in [4.78, 5) is 6.70. The summed E-state index contributed by atoms with van der Waals surface area (Å²) in [6.07, 6.45) is 0. The van der Waals surface area contributed by atoms with Crippen molar-refractivity contribution in [1.82, 2.24) is 10.2 Å². The van der Waals surface area contributed by atoms with Crippen LogP contribution in [0.4, 0.5) is 4.39 Å². The van der Waals surface area contributed by atoms with Crippen LogP contribution in [0.5, 0.6) is 17.2 Å². The Hall–Kier alpha value is -2.23. The van der Waals surface area contributed by atoms with Gasteiger partial charge in [-0.2, -0.15) is 0 Å². The van der Waals surface area contributed by atoms with Gasteiger partial charge in [0.15, 0.2) is 17.5 Å². The van der Waals surface area contributed by atoms with Gasteiger partial charge in [0.1, 0.15) is 5.82 Å². The molecule has 8 heteroatoms. The predicted molar refractivity (Wildman–Crippen MR) is 124 cm³/mol. The van der Waals surface area contributed by atoms with Crippen molar-refractivity contribution >= 4 is 29.9 Å². The highest BCUT2D eigenvalue weighted by Crippen LogP contribution is 2.38. The van der Waals surface area contributed by atoms with E-state index in [4.69, 9.17) is 19.2 Å². The maximum absolute atomic E-state index is 13.1. The number of guanidine groups is 1. The van der Waals surface area contributed by atoms with Gasteiger partial charge in [0.25, 0.3) is 0 Å². The van der Waals surface area contributed by atoms with Gasteiger partial charge < -0.3 is 24.4 Å². The Balaban J connectivity index is 0.00000420. The van der Waals surface area contributed by atoms with E-state index in [0.717, 1.165) is 23.6 Å². The SMILES string of the molecule is CCNC(=NCc1cc(OC)c(OC)c(OC)c1)N(C)Cc1ccc(F)cc1.I. The molecule has 0 unspecified atom stereocenters. The second-order valence-corrected chi connectivity index (χ2v) is 6.19. The number of aliphatic imine (C=N–C) groups is 1. The molecule has 0 spiro atoms. The highest BCUT2D eigenvalue weighted by molar-refractivity contribution is 14.0. The smallest absolute Gasteiger partial charge is 0.203 e. The summed E-state index contributed by atoms with van der Waals surface area (Å²) >= 11 is 0. The van der Waals surface area contributed by atoms with Crippen LogP contribution in [0.2, 0.25) is 0 Å². The Labute approximate surface area is 189 Å². The number of hydrogen-bond donors (Lipinski definition) is 1. The molecule has 0 saturated heterocycles. The topological polar surface area (TPSA) is 55.3 Å². The number of ether oxygens (including phenoxy) is 3. The van der Waals surface area contributed by atoms with Crippen LogP contribution in [-0.4, -0.2) is 45.8 Å². The van der Waals surface area contributed by atoms with Crippen molar-refractivity contribution in [1.29, 1.82) is 0 Å². The van der Waals surface area contributed by atoms with Gasteiger partial charge >= 0.3 is 0 Å². The molecular weight excluding hydrogens is 488 g/mol. The van der Waals surface area contributed by atoms with Gasteiger partial charge in [-0.3, -0.25) is 0 Å². The minimum Gasteiger partial charge on any atom is -0.493 e. The van der Waals surface area contributed by atoms with E-state index in [1.807, 2.05) is 31.0 Å². The maximum atomic E-state index is 13.1. The summed E-state index contributed by atoms with van der Waals surface area (Å²) < 4.78 is 29.3. The molecule has 0 aliphatic rings. The van der Waals surface area contributed by atoms with Gasteiger partial charge in [-0.15, -0.1) is 24.0 Å². The zero-order chi connectivity index (χ0) is 20.5. The average molecular weight is 517 g/mol. The van der Waals surface area contributed by atoms with Crippen molar-refractivity contribution < 1.29 is 18.6 Å². The molecule has 0 radical (unpaired) electrons. The molecule has 0 aliphatic carbocycles. The number of methoxy groups -OCH3 is 3. The third kappa shape index (κ3) is 6.95. The summed E-state index contributed by atoms with van der Waals surface area (Å²) in [6.45, 7) is 3.80. The van der Waals surface area contributed by atoms with Crippen molar-refractivity contribution in [2.75, 3.05) is 34.9 Å². The number of nitrogens with zero attached hydrogens (tertiary/aromatic N) is 2. The molecule has 2 aromatic carbocycles. The molecule has 0 atom stereocenters. The first-order chi connectivity index (χ1) is 13.5. The molecule has 160 valence electrons. The Morgan fingerprint density at radius 3 is 2.07 bits per heavy atom. The van der Waals surface area contributed by atoms with Crippen molar-refractivity contribution in [3.63, 3.8) is 0 Å². The van der Waals surface area contributed by atoms with E-state index < -0.39 is 0 Å². The average Bonchev–Trinajstić information content (AvgIpc) is 2.71. The third-order valence-corrected chi connectivity index (χ3v) is 4.17. The van der Waals surface area contributed by atoms with Crippen LogP contribution in [0.25, 0.3) is 0 Å². The lowest BCUT2D eigenvalue weighted by Crippen LogP contribution is -2.38. The second kappa shape index (κ2) is 12.4. The number of rotatable bonds is 8. The number of benzene rings is 2. The second-order valence-electron chi connectivity index (χ2n) is 6.19. The van der Waals surface area contributed by atoms with Crippen LogP contribution in [0.1, 0.15) is 18.1 Å². The minimum atomic E-state index is -0.241. The van der Waals surface area contributed by atoms with Crippen molar-refractivity contribution in [3.05, 3.63) is 53.3 Å². The molecule has 0 amide bonds.